The molecule has 0 N–H and O–H groups in total. The standard InChI is InChI=1S/C14H20ClN/c1-16-10-2-3-14(11-16)13-6-4-12(5-7-13)8-9-15/h4-7,14H,2-3,8-11H2,1H3. The molecule has 16 heavy (non-hydrogen) atoms. The predicted molar refractivity (Wildman–Crippen MR) is 70.3 cm³/mol. The average Bonchev–Trinajstić information content (AvgIpc) is 2.30. The second kappa shape index (κ2) is 5.70. The number of benzene rings is 1. The summed E-state index contributed by atoms with van der Waals surface area (Å²) in [6, 6.07) is 9.02. The van der Waals surface area contributed by atoms with E-state index in [9.17, 15) is 0 Å². The number of likely N-dealkylation sites (N-methyl/N-ethyl adjacent to an activating group) is 1. The number of halogens is 1. The van der Waals surface area contributed by atoms with Gasteiger partial charge in [0.05, 0.1) is 0 Å². The van der Waals surface area contributed by atoms with Gasteiger partial charge in [-0.2, -0.15) is 0 Å². The van der Waals surface area contributed by atoms with Gasteiger partial charge in [0, 0.05) is 12.4 Å². The molecule has 2 heteroatoms. The molecule has 0 aromatic heterocycles. The van der Waals surface area contributed by atoms with Gasteiger partial charge in [0.25, 0.3) is 0 Å². The Bertz CT molecular complexity index is 320. The van der Waals surface area contributed by atoms with Crippen molar-refractivity contribution in [2.24, 2.45) is 0 Å². The van der Waals surface area contributed by atoms with Crippen LogP contribution in [0.1, 0.15) is 29.9 Å². The highest BCUT2D eigenvalue weighted by Crippen LogP contribution is 2.26. The Hall–Kier alpha value is -0.530. The maximum absolute atomic E-state index is 5.74. The third-order valence-electron chi connectivity index (χ3n) is 3.46. The van der Waals surface area contributed by atoms with E-state index in [1.807, 2.05) is 0 Å². The van der Waals surface area contributed by atoms with Crippen LogP contribution in [0.4, 0.5) is 0 Å². The van der Waals surface area contributed by atoms with Crippen molar-refractivity contribution in [2.45, 2.75) is 25.2 Å². The van der Waals surface area contributed by atoms with Gasteiger partial charge in [0.2, 0.25) is 0 Å². The molecule has 1 aliphatic heterocycles. The summed E-state index contributed by atoms with van der Waals surface area (Å²) in [6.45, 7) is 2.45. The van der Waals surface area contributed by atoms with Crippen LogP contribution in [0, 0.1) is 0 Å². The topological polar surface area (TPSA) is 3.24 Å². The molecule has 1 unspecified atom stereocenters. The van der Waals surface area contributed by atoms with Crippen LogP contribution in [0.15, 0.2) is 24.3 Å². The van der Waals surface area contributed by atoms with E-state index < -0.39 is 0 Å². The van der Waals surface area contributed by atoms with E-state index in [0.717, 1.165) is 12.3 Å². The van der Waals surface area contributed by atoms with E-state index in [1.165, 1.54) is 37.1 Å². The summed E-state index contributed by atoms with van der Waals surface area (Å²) in [6.07, 6.45) is 3.64. The Morgan fingerprint density at radius 2 is 2.06 bits per heavy atom. The molecule has 1 saturated heterocycles. The summed E-state index contributed by atoms with van der Waals surface area (Å²) >= 11 is 5.74. The van der Waals surface area contributed by atoms with E-state index in [0.29, 0.717) is 5.88 Å². The monoisotopic (exact) mass is 237 g/mol. The molecule has 0 amide bonds. The molecule has 1 aliphatic rings. The van der Waals surface area contributed by atoms with Crippen LogP contribution >= 0.6 is 11.6 Å². The van der Waals surface area contributed by atoms with Crippen LogP contribution in [0.25, 0.3) is 0 Å². The van der Waals surface area contributed by atoms with Gasteiger partial charge in [-0.3, -0.25) is 0 Å². The summed E-state index contributed by atoms with van der Waals surface area (Å²) in [4.78, 5) is 2.43. The summed E-state index contributed by atoms with van der Waals surface area (Å²) < 4.78 is 0. The number of nitrogens with zero attached hydrogens (tertiary/aromatic N) is 1. The lowest BCUT2D eigenvalue weighted by Gasteiger charge is -2.30. The van der Waals surface area contributed by atoms with Crippen molar-refractivity contribution in [3.8, 4) is 0 Å². The number of alkyl halides is 1. The van der Waals surface area contributed by atoms with Gasteiger partial charge in [-0.25, -0.2) is 0 Å². The highest BCUT2D eigenvalue weighted by atomic mass is 35.5. The van der Waals surface area contributed by atoms with E-state index in [4.69, 9.17) is 11.6 Å². The molecule has 1 heterocycles. The van der Waals surface area contributed by atoms with Gasteiger partial charge in [-0.15, -0.1) is 11.6 Å². The highest BCUT2D eigenvalue weighted by molar-refractivity contribution is 6.17. The Morgan fingerprint density at radius 3 is 2.69 bits per heavy atom. The lowest BCUT2D eigenvalue weighted by atomic mass is 9.90. The molecule has 1 aromatic carbocycles. The second-order valence-corrected chi connectivity index (χ2v) is 5.16. The van der Waals surface area contributed by atoms with Crippen molar-refractivity contribution in [1.82, 2.24) is 4.90 Å². The van der Waals surface area contributed by atoms with Crippen LogP contribution in [0.5, 0.6) is 0 Å². The summed E-state index contributed by atoms with van der Waals surface area (Å²) in [5.74, 6) is 1.44. The smallest absolute Gasteiger partial charge is 0.0263 e. The fourth-order valence-electron chi connectivity index (χ4n) is 2.50. The molecular weight excluding hydrogens is 218 g/mol. The minimum absolute atomic E-state index is 0.714. The normalized spacial score (nSPS) is 22.2. The molecular formula is C14H20ClN. The van der Waals surface area contributed by atoms with Crippen LogP contribution in [0.2, 0.25) is 0 Å². The number of likely N-dealkylation sites (tertiary alicyclic amines) is 1. The molecule has 0 aliphatic carbocycles. The molecule has 1 fully saturated rings. The maximum atomic E-state index is 5.74. The zero-order chi connectivity index (χ0) is 11.4. The first kappa shape index (κ1) is 11.9. The van der Waals surface area contributed by atoms with Crippen molar-refractivity contribution in [3.05, 3.63) is 35.4 Å². The Labute approximate surface area is 103 Å². The van der Waals surface area contributed by atoms with Gasteiger partial charge < -0.3 is 4.90 Å². The average molecular weight is 238 g/mol. The zero-order valence-electron chi connectivity index (χ0n) is 9.95. The molecule has 0 bridgehead atoms. The first-order valence-corrected chi connectivity index (χ1v) is 6.66. The van der Waals surface area contributed by atoms with Crippen LogP contribution in [-0.2, 0) is 6.42 Å². The third-order valence-corrected chi connectivity index (χ3v) is 3.65. The molecule has 1 nitrogen and oxygen atoms in total. The number of hydrogen-bond acceptors (Lipinski definition) is 1. The first-order chi connectivity index (χ1) is 7.79. The maximum Gasteiger partial charge on any atom is 0.0263 e. The lowest BCUT2D eigenvalue weighted by Crippen LogP contribution is -2.30. The first-order valence-electron chi connectivity index (χ1n) is 6.13. The fourth-order valence-corrected chi connectivity index (χ4v) is 2.72. The van der Waals surface area contributed by atoms with Gasteiger partial charge in [-0.05, 0) is 49.9 Å². The predicted octanol–water partition coefficient (Wildman–Crippen LogP) is 3.28. The highest BCUT2D eigenvalue weighted by Gasteiger charge is 2.18. The van der Waals surface area contributed by atoms with Gasteiger partial charge >= 0.3 is 0 Å². The van der Waals surface area contributed by atoms with E-state index in [2.05, 4.69) is 36.2 Å². The molecule has 1 aromatic rings. The van der Waals surface area contributed by atoms with Gasteiger partial charge in [0.1, 0.15) is 0 Å². The molecule has 1 atom stereocenters. The number of piperidine rings is 1. The molecule has 88 valence electrons. The van der Waals surface area contributed by atoms with Crippen LogP contribution < -0.4 is 0 Å². The van der Waals surface area contributed by atoms with Crippen molar-refractivity contribution < 1.29 is 0 Å². The Balaban J connectivity index is 2.03. The molecule has 0 saturated carbocycles. The zero-order valence-corrected chi connectivity index (χ0v) is 10.7. The quantitative estimate of drug-likeness (QED) is 0.730. The molecule has 0 radical (unpaired) electrons. The molecule has 2 rings (SSSR count). The van der Waals surface area contributed by atoms with Crippen molar-refractivity contribution in [1.29, 1.82) is 0 Å². The summed E-state index contributed by atoms with van der Waals surface area (Å²) in [5, 5.41) is 0. The summed E-state index contributed by atoms with van der Waals surface area (Å²) in [5.41, 5.74) is 2.84. The van der Waals surface area contributed by atoms with Gasteiger partial charge in [0.15, 0.2) is 0 Å². The number of aryl methyl sites for hydroxylation is 1. The Kier molecular flexibility index (Phi) is 4.25. The number of rotatable bonds is 3. The molecule has 0 spiro atoms. The number of hydrogen-bond donors (Lipinski definition) is 0. The van der Waals surface area contributed by atoms with Gasteiger partial charge in [-0.1, -0.05) is 24.3 Å². The second-order valence-electron chi connectivity index (χ2n) is 4.78. The van der Waals surface area contributed by atoms with Crippen molar-refractivity contribution >= 4 is 11.6 Å². The van der Waals surface area contributed by atoms with E-state index in [-0.39, 0.29) is 0 Å². The largest absolute Gasteiger partial charge is 0.306 e. The SMILES string of the molecule is CN1CCCC(c2ccc(CCCl)cc2)C1. The minimum atomic E-state index is 0.714. The lowest BCUT2D eigenvalue weighted by molar-refractivity contribution is 0.251. The van der Waals surface area contributed by atoms with Crippen molar-refractivity contribution in [2.75, 3.05) is 26.0 Å². The van der Waals surface area contributed by atoms with Crippen molar-refractivity contribution in [3.63, 3.8) is 0 Å². The van der Waals surface area contributed by atoms with E-state index >= 15 is 0 Å². The Morgan fingerprint density at radius 1 is 1.31 bits per heavy atom. The van der Waals surface area contributed by atoms with Crippen LogP contribution in [-0.4, -0.2) is 30.9 Å². The van der Waals surface area contributed by atoms with E-state index in [1.54, 1.807) is 0 Å². The van der Waals surface area contributed by atoms with Crippen LogP contribution in [0.3, 0.4) is 0 Å². The summed E-state index contributed by atoms with van der Waals surface area (Å²) in [7, 11) is 2.22. The fraction of sp³-hybridized carbons (Fsp3) is 0.571. The minimum Gasteiger partial charge on any atom is -0.306 e. The third kappa shape index (κ3) is 2.99.